The van der Waals surface area contributed by atoms with Gasteiger partial charge in [0.1, 0.15) is 23.0 Å². The molecule has 1 aromatic carbocycles. The van der Waals surface area contributed by atoms with Crippen LogP contribution in [0, 0.1) is 12.7 Å². The molecule has 1 fully saturated rings. The zero-order valence-electron chi connectivity index (χ0n) is 14.7. The van der Waals surface area contributed by atoms with Crippen molar-refractivity contribution in [2.45, 2.75) is 6.92 Å². The molecule has 0 N–H and O–H groups in total. The Balaban J connectivity index is 1.53. The number of carbonyl (C=O) groups is 1. The highest BCUT2D eigenvalue weighted by molar-refractivity contribution is 5.93. The maximum atomic E-state index is 13.4. The SMILES string of the molecule is Cc1nccc(N2CCN(C(=O)c3cc(=O)c4ccc(F)cc4o3)CC2)n1. The van der Waals surface area contributed by atoms with E-state index in [1.807, 2.05) is 13.0 Å². The van der Waals surface area contributed by atoms with Crippen molar-refractivity contribution in [1.29, 1.82) is 0 Å². The lowest BCUT2D eigenvalue weighted by molar-refractivity contribution is 0.0715. The second kappa shape index (κ2) is 6.79. The molecule has 0 saturated carbocycles. The number of fused-ring (bicyclic) bond motifs is 1. The quantitative estimate of drug-likeness (QED) is 0.688. The molecular weight excluding hydrogens is 351 g/mol. The first kappa shape index (κ1) is 17.1. The minimum absolute atomic E-state index is 0.0703. The third kappa shape index (κ3) is 3.38. The number of amides is 1. The summed E-state index contributed by atoms with van der Waals surface area (Å²) in [6, 6.07) is 6.66. The van der Waals surface area contributed by atoms with Crippen molar-refractivity contribution >= 4 is 22.7 Å². The van der Waals surface area contributed by atoms with Gasteiger partial charge in [-0.3, -0.25) is 9.59 Å². The summed E-state index contributed by atoms with van der Waals surface area (Å²) in [4.78, 5) is 37.1. The Labute approximate surface area is 154 Å². The smallest absolute Gasteiger partial charge is 0.289 e. The van der Waals surface area contributed by atoms with Gasteiger partial charge in [0.15, 0.2) is 11.2 Å². The summed E-state index contributed by atoms with van der Waals surface area (Å²) in [5.74, 6) is 0.531. The van der Waals surface area contributed by atoms with Gasteiger partial charge in [-0.05, 0) is 25.1 Å². The first-order valence-corrected chi connectivity index (χ1v) is 8.58. The van der Waals surface area contributed by atoms with Gasteiger partial charge in [-0.1, -0.05) is 0 Å². The van der Waals surface area contributed by atoms with Crippen LogP contribution in [0.2, 0.25) is 0 Å². The summed E-state index contributed by atoms with van der Waals surface area (Å²) in [6.07, 6.45) is 1.71. The molecule has 0 spiro atoms. The summed E-state index contributed by atoms with van der Waals surface area (Å²) in [5, 5.41) is 0.247. The van der Waals surface area contributed by atoms with Gasteiger partial charge in [0.2, 0.25) is 0 Å². The molecule has 8 heteroatoms. The second-order valence-electron chi connectivity index (χ2n) is 6.36. The van der Waals surface area contributed by atoms with Crippen molar-refractivity contribution in [3.05, 3.63) is 64.2 Å². The number of aryl methyl sites for hydroxylation is 1. The highest BCUT2D eigenvalue weighted by atomic mass is 19.1. The molecule has 1 saturated heterocycles. The lowest BCUT2D eigenvalue weighted by Gasteiger charge is -2.35. The van der Waals surface area contributed by atoms with Gasteiger partial charge < -0.3 is 14.2 Å². The van der Waals surface area contributed by atoms with Crippen LogP contribution in [0.25, 0.3) is 11.0 Å². The molecule has 1 aliphatic heterocycles. The number of benzene rings is 1. The summed E-state index contributed by atoms with van der Waals surface area (Å²) < 4.78 is 18.9. The predicted octanol–water partition coefficient (Wildman–Crippen LogP) is 1.99. The molecule has 3 heterocycles. The summed E-state index contributed by atoms with van der Waals surface area (Å²) in [7, 11) is 0. The van der Waals surface area contributed by atoms with E-state index < -0.39 is 5.82 Å². The van der Waals surface area contributed by atoms with Crippen molar-refractivity contribution in [2.24, 2.45) is 0 Å². The topological polar surface area (TPSA) is 79.5 Å². The maximum absolute atomic E-state index is 13.4. The van der Waals surface area contributed by atoms with Gasteiger partial charge in [-0.15, -0.1) is 0 Å². The van der Waals surface area contributed by atoms with E-state index in [4.69, 9.17) is 4.42 Å². The summed E-state index contributed by atoms with van der Waals surface area (Å²) in [6.45, 7) is 3.97. The number of piperazine rings is 1. The van der Waals surface area contributed by atoms with Crippen LogP contribution in [-0.4, -0.2) is 47.0 Å². The van der Waals surface area contributed by atoms with Crippen LogP contribution in [0.3, 0.4) is 0 Å². The maximum Gasteiger partial charge on any atom is 0.289 e. The average Bonchev–Trinajstić information content (AvgIpc) is 2.67. The largest absolute Gasteiger partial charge is 0.451 e. The van der Waals surface area contributed by atoms with E-state index in [2.05, 4.69) is 14.9 Å². The van der Waals surface area contributed by atoms with Crippen LogP contribution in [-0.2, 0) is 0 Å². The Morgan fingerprint density at radius 2 is 1.93 bits per heavy atom. The van der Waals surface area contributed by atoms with Crippen LogP contribution < -0.4 is 10.3 Å². The Bertz CT molecular complexity index is 1070. The van der Waals surface area contributed by atoms with E-state index in [-0.39, 0.29) is 28.1 Å². The van der Waals surface area contributed by atoms with E-state index in [1.165, 1.54) is 18.2 Å². The van der Waals surface area contributed by atoms with Crippen molar-refractivity contribution < 1.29 is 13.6 Å². The molecule has 0 atom stereocenters. The normalized spacial score (nSPS) is 14.6. The summed E-state index contributed by atoms with van der Waals surface area (Å²) >= 11 is 0. The van der Waals surface area contributed by atoms with Crippen LogP contribution >= 0.6 is 0 Å². The Kier molecular flexibility index (Phi) is 4.31. The number of hydrogen-bond donors (Lipinski definition) is 0. The third-order valence-electron chi connectivity index (χ3n) is 4.55. The van der Waals surface area contributed by atoms with Crippen LogP contribution in [0.1, 0.15) is 16.4 Å². The number of anilines is 1. The standard InChI is InChI=1S/C19H17FN4O3/c1-12-21-5-4-18(22-12)23-6-8-24(9-7-23)19(26)17-11-15(25)14-3-2-13(20)10-16(14)27-17/h2-5,10-11H,6-9H2,1H3. The number of aromatic nitrogens is 2. The van der Waals surface area contributed by atoms with Gasteiger partial charge in [0.05, 0.1) is 5.39 Å². The number of carbonyl (C=O) groups excluding carboxylic acids is 1. The Morgan fingerprint density at radius 1 is 1.15 bits per heavy atom. The molecule has 0 aliphatic carbocycles. The molecule has 138 valence electrons. The van der Waals surface area contributed by atoms with Crippen LogP contribution in [0.5, 0.6) is 0 Å². The zero-order valence-corrected chi connectivity index (χ0v) is 14.7. The predicted molar refractivity (Wildman–Crippen MR) is 97.3 cm³/mol. The van der Waals surface area contributed by atoms with E-state index in [9.17, 15) is 14.0 Å². The van der Waals surface area contributed by atoms with Crippen molar-refractivity contribution in [3.8, 4) is 0 Å². The summed E-state index contributed by atoms with van der Waals surface area (Å²) in [5.41, 5.74) is -0.296. The molecule has 27 heavy (non-hydrogen) atoms. The van der Waals surface area contributed by atoms with Gasteiger partial charge >= 0.3 is 0 Å². The lowest BCUT2D eigenvalue weighted by Crippen LogP contribution is -2.49. The van der Waals surface area contributed by atoms with E-state index in [1.54, 1.807) is 11.1 Å². The van der Waals surface area contributed by atoms with E-state index in [0.717, 1.165) is 11.9 Å². The molecule has 4 rings (SSSR count). The highest BCUT2D eigenvalue weighted by Crippen LogP contribution is 2.17. The molecule has 0 bridgehead atoms. The third-order valence-corrected chi connectivity index (χ3v) is 4.55. The minimum Gasteiger partial charge on any atom is -0.451 e. The van der Waals surface area contributed by atoms with Gasteiger partial charge in [0.25, 0.3) is 5.91 Å². The fourth-order valence-electron chi connectivity index (χ4n) is 3.15. The monoisotopic (exact) mass is 368 g/mol. The molecular formula is C19H17FN4O3. The number of rotatable bonds is 2. The molecule has 7 nitrogen and oxygen atoms in total. The lowest BCUT2D eigenvalue weighted by atomic mass is 10.2. The average molecular weight is 368 g/mol. The van der Waals surface area contributed by atoms with Crippen molar-refractivity contribution in [1.82, 2.24) is 14.9 Å². The van der Waals surface area contributed by atoms with E-state index in [0.29, 0.717) is 32.0 Å². The van der Waals surface area contributed by atoms with Crippen LogP contribution in [0.4, 0.5) is 10.2 Å². The minimum atomic E-state index is -0.524. The van der Waals surface area contributed by atoms with Gasteiger partial charge in [0, 0.05) is 44.5 Å². The van der Waals surface area contributed by atoms with Gasteiger partial charge in [-0.25, -0.2) is 14.4 Å². The van der Waals surface area contributed by atoms with E-state index >= 15 is 0 Å². The number of hydrogen-bond acceptors (Lipinski definition) is 6. The molecule has 0 radical (unpaired) electrons. The first-order valence-electron chi connectivity index (χ1n) is 8.58. The van der Waals surface area contributed by atoms with Gasteiger partial charge in [-0.2, -0.15) is 0 Å². The second-order valence-corrected chi connectivity index (χ2v) is 6.36. The van der Waals surface area contributed by atoms with Crippen LogP contribution in [0.15, 0.2) is 45.7 Å². The molecule has 0 unspecified atom stereocenters. The molecule has 3 aromatic rings. The first-order chi connectivity index (χ1) is 13.0. The molecule has 1 aliphatic rings. The number of nitrogens with zero attached hydrogens (tertiary/aromatic N) is 4. The Hall–Kier alpha value is -3.29. The fourth-order valence-corrected chi connectivity index (χ4v) is 3.15. The van der Waals surface area contributed by atoms with Crippen molar-refractivity contribution in [2.75, 3.05) is 31.1 Å². The molecule has 2 aromatic heterocycles. The molecule has 1 amide bonds. The Morgan fingerprint density at radius 3 is 2.67 bits per heavy atom. The fraction of sp³-hybridized carbons (Fsp3) is 0.263. The zero-order chi connectivity index (χ0) is 19.0. The highest BCUT2D eigenvalue weighted by Gasteiger charge is 2.25. The van der Waals surface area contributed by atoms with Crippen molar-refractivity contribution in [3.63, 3.8) is 0 Å². The number of halogens is 1.